The number of aromatic nitrogens is 2. The third kappa shape index (κ3) is 3.18. The molecule has 1 aromatic heterocycles. The molecule has 0 aliphatic carbocycles. The Balaban J connectivity index is 2.34. The number of benzene rings is 1. The summed E-state index contributed by atoms with van der Waals surface area (Å²) in [5.74, 6) is -0.308. The van der Waals surface area contributed by atoms with Crippen molar-refractivity contribution in [2.24, 2.45) is 0 Å². The van der Waals surface area contributed by atoms with Crippen LogP contribution in [-0.2, 0) is 0 Å². The summed E-state index contributed by atoms with van der Waals surface area (Å²) >= 11 is 0. The molecule has 0 N–H and O–H groups in total. The summed E-state index contributed by atoms with van der Waals surface area (Å²) in [5.41, 5.74) is 2.84. The lowest BCUT2D eigenvalue weighted by Gasteiger charge is -2.17. The largest absolute Gasteiger partial charge is 0.342 e. The van der Waals surface area contributed by atoms with Crippen LogP contribution in [0.15, 0.2) is 24.3 Å². The molecule has 0 unspecified atom stereocenters. The second-order valence-corrected chi connectivity index (χ2v) is 5.51. The lowest BCUT2D eigenvalue weighted by Crippen LogP contribution is -2.28. The Morgan fingerprint density at radius 2 is 1.91 bits per heavy atom. The van der Waals surface area contributed by atoms with E-state index in [4.69, 9.17) is 0 Å². The minimum Gasteiger partial charge on any atom is -0.342 e. The summed E-state index contributed by atoms with van der Waals surface area (Å²) in [7, 11) is 1.81. The Bertz CT molecular complexity index is 661. The Morgan fingerprint density at radius 1 is 1.27 bits per heavy atom. The van der Waals surface area contributed by atoms with Gasteiger partial charge in [-0.1, -0.05) is 13.3 Å². The zero-order valence-corrected chi connectivity index (χ0v) is 13.6. The number of halogens is 1. The first kappa shape index (κ1) is 16.2. The number of carbonyl (C=O) groups is 1. The quantitative estimate of drug-likeness (QED) is 0.848. The fourth-order valence-corrected chi connectivity index (χ4v) is 2.47. The lowest BCUT2D eigenvalue weighted by molar-refractivity contribution is 0.0792. The van der Waals surface area contributed by atoms with Gasteiger partial charge in [0.15, 0.2) is 0 Å². The number of amides is 1. The zero-order chi connectivity index (χ0) is 16.3. The highest BCUT2D eigenvalue weighted by Crippen LogP contribution is 2.19. The Morgan fingerprint density at radius 3 is 2.50 bits per heavy atom. The van der Waals surface area contributed by atoms with Gasteiger partial charge in [0.05, 0.1) is 22.6 Å². The molecule has 1 aromatic carbocycles. The van der Waals surface area contributed by atoms with Crippen molar-refractivity contribution in [3.8, 4) is 5.69 Å². The molecule has 0 fully saturated rings. The molecule has 0 radical (unpaired) electrons. The number of nitrogens with zero attached hydrogens (tertiary/aromatic N) is 3. The van der Waals surface area contributed by atoms with Crippen LogP contribution >= 0.6 is 0 Å². The van der Waals surface area contributed by atoms with Crippen molar-refractivity contribution in [2.75, 3.05) is 13.6 Å². The van der Waals surface area contributed by atoms with E-state index in [9.17, 15) is 9.18 Å². The van der Waals surface area contributed by atoms with E-state index < -0.39 is 0 Å². The van der Waals surface area contributed by atoms with E-state index in [1.165, 1.54) is 12.1 Å². The monoisotopic (exact) mass is 303 g/mol. The fraction of sp³-hybridized carbons (Fsp3) is 0.412. The maximum Gasteiger partial charge on any atom is 0.257 e. The van der Waals surface area contributed by atoms with Crippen LogP contribution in [0.1, 0.15) is 41.5 Å². The summed E-state index contributed by atoms with van der Waals surface area (Å²) in [5, 5.41) is 4.44. The van der Waals surface area contributed by atoms with Crippen molar-refractivity contribution in [3.63, 3.8) is 0 Å². The molecule has 0 aliphatic heterocycles. The van der Waals surface area contributed by atoms with E-state index >= 15 is 0 Å². The van der Waals surface area contributed by atoms with Crippen LogP contribution in [0.4, 0.5) is 4.39 Å². The van der Waals surface area contributed by atoms with E-state index in [1.54, 1.807) is 21.7 Å². The second-order valence-electron chi connectivity index (χ2n) is 5.51. The summed E-state index contributed by atoms with van der Waals surface area (Å²) in [6.45, 7) is 6.52. The molecule has 0 atom stereocenters. The van der Waals surface area contributed by atoms with Gasteiger partial charge in [-0.05, 0) is 44.5 Å². The van der Waals surface area contributed by atoms with Crippen molar-refractivity contribution in [2.45, 2.75) is 33.6 Å². The van der Waals surface area contributed by atoms with Crippen molar-refractivity contribution in [1.29, 1.82) is 0 Å². The molecule has 5 heteroatoms. The number of hydrogen-bond acceptors (Lipinski definition) is 2. The lowest BCUT2D eigenvalue weighted by atomic mass is 10.1. The van der Waals surface area contributed by atoms with Crippen LogP contribution in [0.3, 0.4) is 0 Å². The number of carbonyl (C=O) groups excluding carboxylic acids is 1. The number of unbranched alkanes of at least 4 members (excludes halogenated alkanes) is 1. The standard InChI is InChI=1S/C17H22FN3O/c1-5-6-11-20(4)17(22)16-12(2)19-21(13(16)3)15-9-7-14(18)8-10-15/h7-10H,5-6,11H2,1-4H3. The smallest absolute Gasteiger partial charge is 0.257 e. The number of rotatable bonds is 5. The van der Waals surface area contributed by atoms with Crippen LogP contribution < -0.4 is 0 Å². The molecule has 1 heterocycles. The highest BCUT2D eigenvalue weighted by Gasteiger charge is 2.22. The van der Waals surface area contributed by atoms with Gasteiger partial charge in [0, 0.05) is 13.6 Å². The first-order valence-electron chi connectivity index (χ1n) is 7.53. The van der Waals surface area contributed by atoms with E-state index in [1.807, 2.05) is 20.9 Å². The van der Waals surface area contributed by atoms with Gasteiger partial charge in [0.2, 0.25) is 0 Å². The van der Waals surface area contributed by atoms with E-state index in [2.05, 4.69) is 12.0 Å². The Labute approximate surface area is 130 Å². The van der Waals surface area contributed by atoms with E-state index in [-0.39, 0.29) is 11.7 Å². The number of aryl methyl sites for hydroxylation is 1. The van der Waals surface area contributed by atoms with Gasteiger partial charge in [-0.2, -0.15) is 5.10 Å². The molecule has 0 aliphatic rings. The SMILES string of the molecule is CCCCN(C)C(=O)c1c(C)nn(-c2ccc(F)cc2)c1C. The van der Waals surface area contributed by atoms with Gasteiger partial charge in [-0.15, -0.1) is 0 Å². The normalized spacial score (nSPS) is 10.8. The molecule has 0 bridgehead atoms. The van der Waals surface area contributed by atoms with Crippen molar-refractivity contribution >= 4 is 5.91 Å². The minimum atomic E-state index is -0.291. The van der Waals surface area contributed by atoms with Crippen LogP contribution in [0.2, 0.25) is 0 Å². The minimum absolute atomic E-state index is 0.0168. The molecule has 0 saturated carbocycles. The van der Waals surface area contributed by atoms with Gasteiger partial charge in [0.25, 0.3) is 5.91 Å². The molecular weight excluding hydrogens is 281 g/mol. The molecule has 22 heavy (non-hydrogen) atoms. The average molecular weight is 303 g/mol. The average Bonchev–Trinajstić information content (AvgIpc) is 2.79. The van der Waals surface area contributed by atoms with Crippen LogP contribution in [0, 0.1) is 19.7 Å². The fourth-order valence-electron chi connectivity index (χ4n) is 2.47. The summed E-state index contributed by atoms with van der Waals surface area (Å²) in [6, 6.07) is 6.09. The molecule has 2 rings (SSSR count). The second kappa shape index (κ2) is 6.73. The third-order valence-corrected chi connectivity index (χ3v) is 3.77. The molecule has 2 aromatic rings. The zero-order valence-electron chi connectivity index (χ0n) is 13.6. The highest BCUT2D eigenvalue weighted by molar-refractivity contribution is 5.96. The predicted octanol–water partition coefficient (Wildman–Crippen LogP) is 3.50. The summed E-state index contributed by atoms with van der Waals surface area (Å²) in [4.78, 5) is 14.3. The van der Waals surface area contributed by atoms with Gasteiger partial charge < -0.3 is 4.90 Å². The summed E-state index contributed by atoms with van der Waals surface area (Å²) in [6.07, 6.45) is 2.02. The molecular formula is C17H22FN3O. The maximum atomic E-state index is 13.0. The molecule has 4 nitrogen and oxygen atoms in total. The van der Waals surface area contributed by atoms with Gasteiger partial charge in [-0.3, -0.25) is 4.79 Å². The van der Waals surface area contributed by atoms with Gasteiger partial charge in [-0.25, -0.2) is 9.07 Å². The first-order valence-corrected chi connectivity index (χ1v) is 7.53. The molecule has 0 saturated heterocycles. The van der Waals surface area contributed by atoms with Crippen molar-refractivity contribution < 1.29 is 9.18 Å². The van der Waals surface area contributed by atoms with Crippen molar-refractivity contribution in [1.82, 2.24) is 14.7 Å². The topological polar surface area (TPSA) is 38.1 Å². The highest BCUT2D eigenvalue weighted by atomic mass is 19.1. The van der Waals surface area contributed by atoms with E-state index in [0.29, 0.717) is 11.3 Å². The summed E-state index contributed by atoms with van der Waals surface area (Å²) < 4.78 is 14.7. The Kier molecular flexibility index (Phi) is 4.96. The third-order valence-electron chi connectivity index (χ3n) is 3.77. The molecule has 118 valence electrons. The van der Waals surface area contributed by atoms with Gasteiger partial charge in [0.1, 0.15) is 5.82 Å². The van der Waals surface area contributed by atoms with Gasteiger partial charge >= 0.3 is 0 Å². The predicted molar refractivity (Wildman–Crippen MR) is 84.9 cm³/mol. The number of hydrogen-bond donors (Lipinski definition) is 0. The van der Waals surface area contributed by atoms with Crippen molar-refractivity contribution in [3.05, 3.63) is 47.0 Å². The van der Waals surface area contributed by atoms with Crippen LogP contribution in [-0.4, -0.2) is 34.2 Å². The Hall–Kier alpha value is -2.17. The molecule has 1 amide bonds. The van der Waals surface area contributed by atoms with Crippen LogP contribution in [0.25, 0.3) is 5.69 Å². The van der Waals surface area contributed by atoms with Crippen LogP contribution in [0.5, 0.6) is 0 Å². The maximum absolute atomic E-state index is 13.0. The van der Waals surface area contributed by atoms with E-state index in [0.717, 1.165) is 30.8 Å². The first-order chi connectivity index (χ1) is 10.5. The molecule has 0 spiro atoms.